The lowest BCUT2D eigenvalue weighted by Gasteiger charge is -2.09. The van der Waals surface area contributed by atoms with Gasteiger partial charge in [0.25, 0.3) is 0 Å². The summed E-state index contributed by atoms with van der Waals surface area (Å²) in [5.74, 6) is 0.838. The molecule has 0 radical (unpaired) electrons. The standard InChI is InChI=1S/C38H26N2OS/c42-20-19-24-13-16-36-30(21-24)29-9-3-6-12-35(29)40(36)26-15-18-38-32(23-26)31-22-25(14-17-37(31)41-38)39-33-10-4-1-7-27(33)28-8-2-5-11-34(28)39/h1-18,21-23,42H,19-20H2. The maximum absolute atomic E-state index is 6.36. The average Bonchev–Trinajstić information content (AvgIpc) is 3.68. The number of aryl methyl sites for hydroxylation is 1. The number of aromatic nitrogens is 2. The molecule has 0 N–H and O–H groups in total. The van der Waals surface area contributed by atoms with Crippen molar-refractivity contribution in [1.29, 1.82) is 0 Å². The summed E-state index contributed by atoms with van der Waals surface area (Å²) in [6.07, 6.45) is 0.958. The topological polar surface area (TPSA) is 23.0 Å². The van der Waals surface area contributed by atoms with Gasteiger partial charge in [0, 0.05) is 43.7 Å². The number of nitrogens with zero attached hydrogens (tertiary/aromatic N) is 2. The molecule has 0 bridgehead atoms. The van der Waals surface area contributed by atoms with Crippen molar-refractivity contribution in [2.75, 3.05) is 5.75 Å². The van der Waals surface area contributed by atoms with Crippen LogP contribution < -0.4 is 0 Å². The molecule has 200 valence electrons. The van der Waals surface area contributed by atoms with Crippen molar-refractivity contribution in [1.82, 2.24) is 9.13 Å². The molecule has 0 aliphatic rings. The fraction of sp³-hybridized carbons (Fsp3) is 0.0526. The highest BCUT2D eigenvalue weighted by Crippen LogP contribution is 2.38. The van der Waals surface area contributed by atoms with E-state index in [4.69, 9.17) is 4.42 Å². The van der Waals surface area contributed by atoms with Crippen LogP contribution in [0.1, 0.15) is 5.56 Å². The fourth-order valence-corrected chi connectivity index (χ4v) is 7.07. The van der Waals surface area contributed by atoms with Crippen LogP contribution in [0.2, 0.25) is 0 Å². The summed E-state index contributed by atoms with van der Waals surface area (Å²) in [6.45, 7) is 0. The van der Waals surface area contributed by atoms with Crippen molar-refractivity contribution in [3.63, 3.8) is 0 Å². The van der Waals surface area contributed by atoms with Gasteiger partial charge in [-0.05, 0) is 84.5 Å². The molecule has 3 nitrogen and oxygen atoms in total. The summed E-state index contributed by atoms with van der Waals surface area (Å²) in [4.78, 5) is 0. The quantitative estimate of drug-likeness (QED) is 0.213. The lowest BCUT2D eigenvalue weighted by molar-refractivity contribution is 0.669. The smallest absolute Gasteiger partial charge is 0.135 e. The van der Waals surface area contributed by atoms with E-state index in [1.54, 1.807) is 0 Å². The molecule has 9 aromatic rings. The second-order valence-corrected chi connectivity index (χ2v) is 11.5. The summed E-state index contributed by atoms with van der Waals surface area (Å²) >= 11 is 4.47. The van der Waals surface area contributed by atoms with Gasteiger partial charge in [-0.15, -0.1) is 0 Å². The van der Waals surface area contributed by atoms with Crippen molar-refractivity contribution in [3.8, 4) is 11.4 Å². The number of furan rings is 1. The predicted octanol–water partition coefficient (Wildman–Crippen LogP) is 10.3. The zero-order chi connectivity index (χ0) is 27.8. The fourth-order valence-electron chi connectivity index (χ4n) is 6.82. The highest BCUT2D eigenvalue weighted by Gasteiger charge is 2.17. The molecule has 6 aromatic carbocycles. The normalized spacial score (nSPS) is 12.1. The van der Waals surface area contributed by atoms with E-state index in [0.717, 1.165) is 45.5 Å². The third-order valence-electron chi connectivity index (χ3n) is 8.67. The van der Waals surface area contributed by atoms with E-state index >= 15 is 0 Å². The van der Waals surface area contributed by atoms with Crippen molar-refractivity contribution in [2.45, 2.75) is 6.42 Å². The molecule has 0 fully saturated rings. The van der Waals surface area contributed by atoms with Gasteiger partial charge in [-0.1, -0.05) is 60.7 Å². The van der Waals surface area contributed by atoms with E-state index in [1.807, 2.05) is 0 Å². The summed E-state index contributed by atoms with van der Waals surface area (Å²) < 4.78 is 11.1. The van der Waals surface area contributed by atoms with Gasteiger partial charge in [0.15, 0.2) is 0 Å². The van der Waals surface area contributed by atoms with Crippen molar-refractivity contribution < 1.29 is 4.42 Å². The molecule has 9 rings (SSSR count). The maximum atomic E-state index is 6.36. The minimum atomic E-state index is 0.838. The van der Waals surface area contributed by atoms with Gasteiger partial charge in [-0.3, -0.25) is 0 Å². The molecule has 0 unspecified atom stereocenters. The number of para-hydroxylation sites is 3. The monoisotopic (exact) mass is 558 g/mol. The summed E-state index contributed by atoms with van der Waals surface area (Å²) in [7, 11) is 0. The summed E-state index contributed by atoms with van der Waals surface area (Å²) in [5.41, 5.74) is 10.2. The largest absolute Gasteiger partial charge is 0.456 e. The van der Waals surface area contributed by atoms with E-state index < -0.39 is 0 Å². The Hall–Kier alpha value is -4.93. The Morgan fingerprint density at radius 1 is 0.452 bits per heavy atom. The van der Waals surface area contributed by atoms with E-state index in [1.165, 1.54) is 49.2 Å². The third kappa shape index (κ3) is 3.36. The lowest BCUT2D eigenvalue weighted by Crippen LogP contribution is -1.94. The SMILES string of the molecule is SCCc1ccc2c(c1)c1ccccc1n2-c1ccc2oc3ccc(-n4c5ccccc5c5ccccc54)cc3c2c1. The van der Waals surface area contributed by atoms with Crippen LogP contribution in [0.25, 0.3) is 76.9 Å². The first-order valence-corrected chi connectivity index (χ1v) is 15.0. The first kappa shape index (κ1) is 23.7. The Morgan fingerprint density at radius 3 is 1.45 bits per heavy atom. The van der Waals surface area contributed by atoms with Gasteiger partial charge in [-0.2, -0.15) is 12.6 Å². The lowest BCUT2D eigenvalue weighted by atomic mass is 10.1. The number of benzene rings is 6. The summed E-state index contributed by atoms with van der Waals surface area (Å²) in [5, 5.41) is 7.29. The molecule has 0 saturated carbocycles. The zero-order valence-corrected chi connectivity index (χ0v) is 23.7. The predicted molar refractivity (Wildman–Crippen MR) is 180 cm³/mol. The maximum Gasteiger partial charge on any atom is 0.135 e. The van der Waals surface area contributed by atoms with Crippen LogP contribution >= 0.6 is 12.6 Å². The van der Waals surface area contributed by atoms with E-state index in [2.05, 4.69) is 149 Å². The second kappa shape index (κ2) is 9.04. The second-order valence-electron chi connectivity index (χ2n) is 11.0. The number of fused-ring (bicyclic) bond motifs is 9. The van der Waals surface area contributed by atoms with Gasteiger partial charge in [-0.25, -0.2) is 0 Å². The van der Waals surface area contributed by atoms with Gasteiger partial charge in [0.2, 0.25) is 0 Å². The molecule has 0 spiro atoms. The van der Waals surface area contributed by atoms with Gasteiger partial charge < -0.3 is 13.6 Å². The molecule has 0 saturated heterocycles. The van der Waals surface area contributed by atoms with Crippen LogP contribution in [0, 0.1) is 0 Å². The number of rotatable bonds is 4. The molecule has 4 heteroatoms. The molecular weight excluding hydrogens is 532 g/mol. The first-order chi connectivity index (χ1) is 20.8. The van der Waals surface area contributed by atoms with Crippen LogP contribution in [-0.4, -0.2) is 14.9 Å². The third-order valence-corrected chi connectivity index (χ3v) is 8.89. The Labute approximate surface area is 247 Å². The highest BCUT2D eigenvalue weighted by atomic mass is 32.1. The molecule has 3 aromatic heterocycles. The molecule has 0 aliphatic heterocycles. The Kier molecular flexibility index (Phi) is 5.11. The molecule has 0 aliphatic carbocycles. The van der Waals surface area contributed by atoms with Crippen molar-refractivity contribution >= 4 is 78.2 Å². The number of thiol groups is 1. The van der Waals surface area contributed by atoms with E-state index in [9.17, 15) is 0 Å². The average molecular weight is 559 g/mol. The van der Waals surface area contributed by atoms with Gasteiger partial charge >= 0.3 is 0 Å². The Balaban J connectivity index is 1.29. The van der Waals surface area contributed by atoms with Crippen molar-refractivity contribution in [3.05, 3.63) is 133 Å². The van der Waals surface area contributed by atoms with Crippen LogP contribution in [0.5, 0.6) is 0 Å². The van der Waals surface area contributed by atoms with Crippen LogP contribution in [0.3, 0.4) is 0 Å². The first-order valence-electron chi connectivity index (χ1n) is 14.4. The van der Waals surface area contributed by atoms with Gasteiger partial charge in [0.1, 0.15) is 11.2 Å². The van der Waals surface area contributed by atoms with Crippen LogP contribution in [-0.2, 0) is 6.42 Å². The Morgan fingerprint density at radius 2 is 0.929 bits per heavy atom. The van der Waals surface area contributed by atoms with Crippen molar-refractivity contribution in [2.24, 2.45) is 0 Å². The molecule has 0 amide bonds. The zero-order valence-electron chi connectivity index (χ0n) is 22.8. The number of hydrogen-bond donors (Lipinski definition) is 1. The van der Waals surface area contributed by atoms with Crippen LogP contribution in [0.4, 0.5) is 0 Å². The number of hydrogen-bond acceptors (Lipinski definition) is 2. The van der Waals surface area contributed by atoms with Gasteiger partial charge in [0.05, 0.1) is 22.1 Å². The van der Waals surface area contributed by atoms with E-state index in [0.29, 0.717) is 0 Å². The van der Waals surface area contributed by atoms with E-state index in [-0.39, 0.29) is 0 Å². The molecular formula is C38H26N2OS. The molecule has 3 heterocycles. The highest BCUT2D eigenvalue weighted by molar-refractivity contribution is 7.80. The minimum absolute atomic E-state index is 0.838. The summed E-state index contributed by atoms with van der Waals surface area (Å²) in [6, 6.07) is 45.9. The Bertz CT molecular complexity index is 2440. The minimum Gasteiger partial charge on any atom is -0.456 e. The molecule has 42 heavy (non-hydrogen) atoms. The van der Waals surface area contributed by atoms with Crippen LogP contribution in [0.15, 0.2) is 132 Å². The molecule has 0 atom stereocenters.